The molecule has 0 saturated carbocycles. The van der Waals surface area contributed by atoms with Crippen molar-refractivity contribution >= 4 is 44.3 Å². The maximum absolute atomic E-state index is 13.9. The maximum atomic E-state index is 13.9. The van der Waals surface area contributed by atoms with Gasteiger partial charge in [0.15, 0.2) is 32.8 Å². The van der Waals surface area contributed by atoms with Crippen molar-refractivity contribution < 1.29 is 11.8 Å². The monoisotopic (exact) mass is 516 g/mol. The topological polar surface area (TPSA) is 58.9 Å². The molecule has 1 aliphatic rings. The predicted molar refractivity (Wildman–Crippen MR) is 113 cm³/mol. The van der Waals surface area contributed by atoms with Gasteiger partial charge in [-0.1, -0.05) is 29.8 Å². The Balaban J connectivity index is 1.89. The molecule has 0 fully saturated rings. The van der Waals surface area contributed by atoms with Gasteiger partial charge in [-0.05, 0) is 30.2 Å². The number of anilines is 2. The summed E-state index contributed by atoms with van der Waals surface area (Å²) in [4.78, 5) is 0. The van der Waals surface area contributed by atoms with Crippen LogP contribution in [0.1, 0.15) is 18.0 Å². The van der Waals surface area contributed by atoms with Crippen LogP contribution in [0.4, 0.5) is 20.3 Å². The SMILES string of the molecule is CNc1ccccc1C1CCNc2c(I=O)c(-c3cc(F)c(F)c(Cl)c3)nn21. The van der Waals surface area contributed by atoms with Crippen molar-refractivity contribution in [1.29, 1.82) is 0 Å². The Bertz CT molecular complexity index is 1050. The molecule has 0 bridgehead atoms. The van der Waals surface area contributed by atoms with Gasteiger partial charge in [0.05, 0.1) is 11.1 Å². The van der Waals surface area contributed by atoms with Crippen LogP contribution in [0.2, 0.25) is 5.02 Å². The molecule has 5 nitrogen and oxygen atoms in total. The smallest absolute Gasteiger partial charge is 0.188 e. The number of nitrogens with zero attached hydrogens (tertiary/aromatic N) is 2. The number of para-hydroxylation sites is 1. The second-order valence-electron chi connectivity index (χ2n) is 6.36. The zero-order valence-corrected chi connectivity index (χ0v) is 17.7. The highest BCUT2D eigenvalue weighted by molar-refractivity contribution is 14.1. The van der Waals surface area contributed by atoms with Crippen molar-refractivity contribution in [3.05, 3.63) is 62.2 Å². The minimum absolute atomic E-state index is 0.0799. The summed E-state index contributed by atoms with van der Waals surface area (Å²) >= 11 is 4.20. The number of benzene rings is 2. The van der Waals surface area contributed by atoms with Gasteiger partial charge < -0.3 is 10.6 Å². The molecular weight excluding hydrogens is 501 g/mol. The Morgan fingerprint density at radius 1 is 1.32 bits per heavy atom. The Morgan fingerprint density at radius 2 is 2.11 bits per heavy atom. The number of nitrogens with one attached hydrogen (secondary N) is 2. The van der Waals surface area contributed by atoms with Crippen molar-refractivity contribution in [1.82, 2.24) is 9.78 Å². The van der Waals surface area contributed by atoms with Crippen molar-refractivity contribution in [2.45, 2.75) is 12.5 Å². The summed E-state index contributed by atoms with van der Waals surface area (Å²) < 4.78 is 41.9. The number of hydrogen-bond acceptors (Lipinski definition) is 4. The van der Waals surface area contributed by atoms with Crippen molar-refractivity contribution in [3.8, 4) is 11.3 Å². The highest BCUT2D eigenvalue weighted by Gasteiger charge is 2.30. The fourth-order valence-electron chi connectivity index (χ4n) is 3.50. The van der Waals surface area contributed by atoms with E-state index in [1.165, 1.54) is 6.07 Å². The summed E-state index contributed by atoms with van der Waals surface area (Å²) in [6, 6.07) is 10.2. The Kier molecular flexibility index (Phi) is 5.33. The molecule has 3 aromatic rings. The largest absolute Gasteiger partial charge is 0.388 e. The van der Waals surface area contributed by atoms with E-state index in [9.17, 15) is 11.8 Å². The molecule has 4 rings (SSSR count). The van der Waals surface area contributed by atoms with Crippen LogP contribution in [-0.4, -0.2) is 23.4 Å². The third-order valence-electron chi connectivity index (χ3n) is 4.78. The van der Waals surface area contributed by atoms with Gasteiger partial charge in [-0.25, -0.2) is 13.5 Å². The number of rotatable bonds is 4. The molecule has 28 heavy (non-hydrogen) atoms. The summed E-state index contributed by atoms with van der Waals surface area (Å²) in [5, 5.41) is 10.8. The lowest BCUT2D eigenvalue weighted by Gasteiger charge is -2.27. The molecule has 0 amide bonds. The van der Waals surface area contributed by atoms with Gasteiger partial charge in [0.2, 0.25) is 0 Å². The van der Waals surface area contributed by atoms with Crippen molar-refractivity contribution in [2.24, 2.45) is 0 Å². The average molecular weight is 517 g/mol. The molecule has 1 aromatic heterocycles. The molecule has 2 heterocycles. The van der Waals surface area contributed by atoms with Crippen LogP contribution < -0.4 is 10.6 Å². The van der Waals surface area contributed by atoms with Crippen molar-refractivity contribution in [2.75, 3.05) is 24.2 Å². The van der Waals surface area contributed by atoms with E-state index in [0.29, 0.717) is 27.2 Å². The van der Waals surface area contributed by atoms with Crippen molar-refractivity contribution in [3.63, 3.8) is 0 Å². The molecule has 0 spiro atoms. The van der Waals surface area contributed by atoms with E-state index in [4.69, 9.17) is 11.6 Å². The fraction of sp³-hybridized carbons (Fsp3) is 0.211. The average Bonchev–Trinajstić information content (AvgIpc) is 3.10. The van der Waals surface area contributed by atoms with E-state index in [1.54, 1.807) is 4.68 Å². The zero-order valence-electron chi connectivity index (χ0n) is 14.8. The number of aromatic nitrogens is 2. The van der Waals surface area contributed by atoms with E-state index >= 15 is 0 Å². The third kappa shape index (κ3) is 3.18. The Labute approximate surface area is 175 Å². The van der Waals surface area contributed by atoms with Gasteiger partial charge in [0, 0.05) is 24.8 Å². The van der Waals surface area contributed by atoms with Crippen LogP contribution in [0.5, 0.6) is 0 Å². The predicted octanol–water partition coefficient (Wildman–Crippen LogP) is 5.41. The molecule has 1 atom stereocenters. The van der Waals surface area contributed by atoms with Crippen LogP contribution in [0, 0.1) is 15.2 Å². The fourth-order valence-corrected chi connectivity index (χ4v) is 4.98. The molecule has 1 unspecified atom stereocenters. The quantitative estimate of drug-likeness (QED) is 0.359. The lowest BCUT2D eigenvalue weighted by molar-refractivity contribution is 0.483. The van der Waals surface area contributed by atoms with Gasteiger partial charge >= 0.3 is 0 Å². The molecule has 0 saturated heterocycles. The molecule has 2 aromatic carbocycles. The summed E-state index contributed by atoms with van der Waals surface area (Å²) in [6.45, 7) is 0.684. The van der Waals surface area contributed by atoms with Gasteiger partial charge in [-0.15, -0.1) is 0 Å². The summed E-state index contributed by atoms with van der Waals surface area (Å²) in [7, 11) is 1.85. The van der Waals surface area contributed by atoms with E-state index in [0.717, 1.165) is 23.7 Å². The molecular formula is C19H16ClF2IN4O. The first-order chi connectivity index (χ1) is 13.5. The summed E-state index contributed by atoms with van der Waals surface area (Å²) in [5.41, 5.74) is 2.70. The van der Waals surface area contributed by atoms with Crippen LogP contribution in [0.15, 0.2) is 36.4 Å². The van der Waals surface area contributed by atoms with Crippen LogP contribution in [0.25, 0.3) is 11.3 Å². The lowest BCUT2D eigenvalue weighted by atomic mass is 10.0. The molecule has 0 radical (unpaired) electrons. The first-order valence-electron chi connectivity index (χ1n) is 8.60. The van der Waals surface area contributed by atoms with Gasteiger partial charge in [0.1, 0.15) is 15.1 Å². The van der Waals surface area contributed by atoms with E-state index in [1.807, 2.05) is 31.3 Å². The second kappa shape index (κ2) is 7.75. The first kappa shape index (κ1) is 19.3. The summed E-state index contributed by atoms with van der Waals surface area (Å²) in [5.74, 6) is -1.51. The van der Waals surface area contributed by atoms with E-state index < -0.39 is 32.8 Å². The van der Waals surface area contributed by atoms with Gasteiger partial charge in [-0.3, -0.25) is 3.07 Å². The highest BCUT2D eigenvalue weighted by atomic mass is 127. The molecule has 2 N–H and O–H groups in total. The van der Waals surface area contributed by atoms with Gasteiger partial charge in [0.25, 0.3) is 0 Å². The normalized spacial score (nSPS) is 15.8. The Hall–Kier alpha value is -2.07. The van der Waals surface area contributed by atoms with Crippen LogP contribution in [-0.2, 0) is 3.07 Å². The number of hydrogen-bond donors (Lipinski definition) is 2. The zero-order chi connectivity index (χ0) is 19.8. The molecule has 1 aliphatic heterocycles. The minimum atomic E-state index is -1.62. The van der Waals surface area contributed by atoms with Crippen LogP contribution >= 0.6 is 32.8 Å². The second-order valence-corrected chi connectivity index (χ2v) is 8.28. The maximum Gasteiger partial charge on any atom is 0.188 e. The molecule has 9 heteroatoms. The number of halogens is 4. The minimum Gasteiger partial charge on any atom is -0.388 e. The lowest BCUT2D eigenvalue weighted by Crippen LogP contribution is -2.25. The number of fused-ring (bicyclic) bond motifs is 1. The van der Waals surface area contributed by atoms with Crippen LogP contribution in [0.3, 0.4) is 0 Å². The van der Waals surface area contributed by atoms with Gasteiger partial charge in [-0.2, -0.15) is 5.10 Å². The Morgan fingerprint density at radius 3 is 2.82 bits per heavy atom. The third-order valence-corrected chi connectivity index (χ3v) is 6.52. The first-order valence-corrected chi connectivity index (χ1v) is 10.9. The standard InChI is InChI=1S/C19H16ClF2IN4O/c1-24-14-5-3-2-4-11(14)15-6-7-25-19-17(23-28)18(26-27(15)19)10-8-12(20)16(22)13(21)9-10/h2-5,8-9,15,24-25H,6-7H2,1H3. The highest BCUT2D eigenvalue weighted by Crippen LogP contribution is 2.41. The molecule has 146 valence electrons. The summed E-state index contributed by atoms with van der Waals surface area (Å²) in [6.07, 6.45) is 0.780. The molecule has 0 aliphatic carbocycles. The van der Waals surface area contributed by atoms with E-state index in [-0.39, 0.29) is 11.1 Å². The van der Waals surface area contributed by atoms with E-state index in [2.05, 4.69) is 15.7 Å².